The Kier molecular flexibility index (Phi) is 4.97. The SMILES string of the molecule is CC1(C)Oc2cc(-c3nc(C4=C5CC5c5cc(-c6cc(Cl)ccc6-n6cnnn6)cc(=O)n54)[nH]c3F)ccc2NC1=O. The van der Waals surface area contributed by atoms with Gasteiger partial charge in [-0.05, 0) is 78.2 Å². The molecule has 0 radical (unpaired) electrons. The zero-order valence-electron chi connectivity index (χ0n) is 22.1. The number of pyridine rings is 1. The van der Waals surface area contributed by atoms with Crippen LogP contribution in [-0.2, 0) is 4.79 Å². The lowest BCUT2D eigenvalue weighted by Crippen LogP contribution is -2.45. The largest absolute Gasteiger partial charge is 0.476 e. The van der Waals surface area contributed by atoms with Gasteiger partial charge in [0.05, 0.1) is 17.1 Å². The Balaban J connectivity index is 1.19. The lowest BCUT2D eigenvalue weighted by molar-refractivity contribution is -0.129. The predicted molar refractivity (Wildman–Crippen MR) is 151 cm³/mol. The second-order valence-corrected chi connectivity index (χ2v) is 11.4. The quantitative estimate of drug-likeness (QED) is 0.318. The van der Waals surface area contributed by atoms with Gasteiger partial charge in [-0.1, -0.05) is 17.7 Å². The number of tetrazole rings is 1. The highest BCUT2D eigenvalue weighted by molar-refractivity contribution is 6.31. The second kappa shape index (κ2) is 8.46. The molecule has 1 aliphatic carbocycles. The molecule has 0 spiro atoms. The molecule has 11 nitrogen and oxygen atoms in total. The molecule has 2 aliphatic heterocycles. The molecule has 8 rings (SSSR count). The summed E-state index contributed by atoms with van der Waals surface area (Å²) in [7, 11) is 0. The second-order valence-electron chi connectivity index (χ2n) is 10.9. The van der Waals surface area contributed by atoms with Crippen molar-refractivity contribution in [2.45, 2.75) is 31.8 Å². The number of carbonyl (C=O) groups excluding carboxylic acids is 1. The highest BCUT2D eigenvalue weighted by Crippen LogP contribution is 2.56. The minimum atomic E-state index is -1.07. The summed E-state index contributed by atoms with van der Waals surface area (Å²) in [5, 5.41) is 14.7. The summed E-state index contributed by atoms with van der Waals surface area (Å²) in [5.41, 5.74) is 4.11. The van der Waals surface area contributed by atoms with Crippen LogP contribution in [0.15, 0.2) is 65.2 Å². The van der Waals surface area contributed by atoms with Crippen LogP contribution >= 0.6 is 11.6 Å². The van der Waals surface area contributed by atoms with E-state index in [1.54, 1.807) is 54.8 Å². The fraction of sp³-hybridized carbons (Fsp3) is 0.172. The summed E-state index contributed by atoms with van der Waals surface area (Å²) >= 11 is 6.33. The van der Waals surface area contributed by atoms with Crippen molar-refractivity contribution in [1.82, 2.24) is 34.7 Å². The first-order chi connectivity index (χ1) is 20.2. The van der Waals surface area contributed by atoms with Crippen molar-refractivity contribution >= 4 is 28.9 Å². The van der Waals surface area contributed by atoms with Crippen molar-refractivity contribution in [2.75, 3.05) is 5.32 Å². The Morgan fingerprint density at radius 1 is 1.10 bits per heavy atom. The molecule has 1 atom stereocenters. The topological polar surface area (TPSA) is 133 Å². The molecule has 5 aromatic rings. The molecule has 0 bridgehead atoms. The first-order valence-electron chi connectivity index (χ1n) is 13.1. The molecular formula is C29H20ClFN8O3. The van der Waals surface area contributed by atoms with Gasteiger partial charge < -0.3 is 15.0 Å². The van der Waals surface area contributed by atoms with E-state index in [9.17, 15) is 9.59 Å². The van der Waals surface area contributed by atoms with E-state index < -0.39 is 11.5 Å². The zero-order valence-corrected chi connectivity index (χ0v) is 22.9. The first kappa shape index (κ1) is 24.7. The summed E-state index contributed by atoms with van der Waals surface area (Å²) in [4.78, 5) is 33.2. The molecule has 2 aromatic carbocycles. The number of hydrogen-bond donors (Lipinski definition) is 2. The molecule has 13 heteroatoms. The number of nitrogens with one attached hydrogen (secondary N) is 2. The number of ether oxygens (including phenoxy) is 1. The van der Waals surface area contributed by atoms with E-state index in [0.29, 0.717) is 44.5 Å². The van der Waals surface area contributed by atoms with Crippen LogP contribution in [0.3, 0.4) is 0 Å². The van der Waals surface area contributed by atoms with Crippen LogP contribution in [0.25, 0.3) is 33.8 Å². The zero-order chi connectivity index (χ0) is 28.9. The number of amides is 1. The third-order valence-corrected chi connectivity index (χ3v) is 8.03. The standard InChI is InChI=1S/C29H20ClFN8O3/c1-29(2)28(41)33-19-5-3-13(8-22(19)42-29)24-26(31)35-27(34-24)25-18-11-17(18)21-7-14(9-23(40)39(21)25)16-10-15(30)4-6-20(16)38-12-32-36-37-38/h3-10,12,17H,11H2,1-2H3,(H,33,41)(H,34,35). The highest BCUT2D eigenvalue weighted by atomic mass is 35.5. The molecule has 0 saturated heterocycles. The van der Waals surface area contributed by atoms with Gasteiger partial charge in [-0.25, -0.2) is 4.98 Å². The van der Waals surface area contributed by atoms with Crippen molar-refractivity contribution in [3.05, 3.63) is 93.3 Å². The number of halogens is 2. The monoisotopic (exact) mass is 582 g/mol. The van der Waals surface area contributed by atoms with E-state index in [-0.39, 0.29) is 28.9 Å². The Morgan fingerprint density at radius 2 is 1.95 bits per heavy atom. The first-order valence-corrected chi connectivity index (χ1v) is 13.5. The summed E-state index contributed by atoms with van der Waals surface area (Å²) in [6.07, 6.45) is 2.22. The number of anilines is 1. The fourth-order valence-corrected chi connectivity index (χ4v) is 5.84. The molecule has 2 N–H and O–H groups in total. The number of rotatable bonds is 4. The number of imidazole rings is 1. The van der Waals surface area contributed by atoms with Gasteiger partial charge in [0, 0.05) is 33.8 Å². The number of aromatic nitrogens is 7. The average Bonchev–Trinajstić information content (AvgIpc) is 3.25. The molecule has 1 unspecified atom stereocenters. The number of carbonyl (C=O) groups is 1. The Labute approximate surface area is 241 Å². The number of nitrogens with zero attached hydrogens (tertiary/aromatic N) is 6. The summed E-state index contributed by atoms with van der Waals surface area (Å²) in [5.74, 6) is -0.195. The van der Waals surface area contributed by atoms with E-state index in [4.69, 9.17) is 16.3 Å². The number of aromatic amines is 1. The number of fused-ring (bicyclic) bond motifs is 4. The van der Waals surface area contributed by atoms with E-state index in [0.717, 1.165) is 17.7 Å². The molecule has 208 valence electrons. The van der Waals surface area contributed by atoms with E-state index in [2.05, 4.69) is 30.8 Å². The van der Waals surface area contributed by atoms with Gasteiger partial charge in [0.2, 0.25) is 5.95 Å². The Morgan fingerprint density at radius 3 is 2.76 bits per heavy atom. The maximum absolute atomic E-state index is 15.3. The maximum atomic E-state index is 15.3. The predicted octanol–water partition coefficient (Wildman–Crippen LogP) is 4.54. The molecule has 1 saturated carbocycles. The van der Waals surface area contributed by atoms with E-state index in [1.807, 2.05) is 6.07 Å². The average molecular weight is 583 g/mol. The molecule has 42 heavy (non-hydrogen) atoms. The minimum Gasteiger partial charge on any atom is -0.476 e. The number of allylic oxidation sites excluding steroid dienone is 1. The smallest absolute Gasteiger partial charge is 0.268 e. The van der Waals surface area contributed by atoms with E-state index in [1.165, 1.54) is 17.1 Å². The van der Waals surface area contributed by atoms with Gasteiger partial charge in [-0.2, -0.15) is 9.07 Å². The third kappa shape index (κ3) is 3.64. The van der Waals surface area contributed by atoms with Crippen LogP contribution in [0.4, 0.5) is 10.1 Å². The lowest BCUT2D eigenvalue weighted by Gasteiger charge is -2.31. The Hall–Kier alpha value is -5.10. The van der Waals surface area contributed by atoms with Crippen LogP contribution in [0, 0.1) is 5.95 Å². The molecule has 5 heterocycles. The number of hydrogen-bond acceptors (Lipinski definition) is 7. The number of H-pyrrole nitrogens is 1. The minimum absolute atomic E-state index is 0.0305. The maximum Gasteiger partial charge on any atom is 0.268 e. The molecule has 1 fully saturated rings. The van der Waals surface area contributed by atoms with Crippen LogP contribution in [-0.4, -0.2) is 46.3 Å². The summed E-state index contributed by atoms with van der Waals surface area (Å²) < 4.78 is 24.3. The van der Waals surface area contributed by atoms with Crippen molar-refractivity contribution in [1.29, 1.82) is 0 Å². The Bertz CT molecular complexity index is 2080. The summed E-state index contributed by atoms with van der Waals surface area (Å²) in [6, 6.07) is 13.7. The lowest BCUT2D eigenvalue weighted by atomic mass is 10.0. The third-order valence-electron chi connectivity index (χ3n) is 7.79. The highest BCUT2D eigenvalue weighted by Gasteiger charge is 2.45. The van der Waals surface area contributed by atoms with Gasteiger partial charge in [0.15, 0.2) is 11.4 Å². The van der Waals surface area contributed by atoms with Crippen molar-refractivity contribution in [2.24, 2.45) is 0 Å². The van der Waals surface area contributed by atoms with Gasteiger partial charge in [0.25, 0.3) is 11.5 Å². The van der Waals surface area contributed by atoms with Crippen molar-refractivity contribution in [3.63, 3.8) is 0 Å². The van der Waals surface area contributed by atoms with Crippen LogP contribution < -0.4 is 15.6 Å². The summed E-state index contributed by atoms with van der Waals surface area (Å²) in [6.45, 7) is 3.32. The fourth-order valence-electron chi connectivity index (χ4n) is 5.67. The van der Waals surface area contributed by atoms with Crippen molar-refractivity contribution in [3.8, 4) is 33.8 Å². The van der Waals surface area contributed by atoms with Gasteiger partial charge >= 0.3 is 0 Å². The van der Waals surface area contributed by atoms with Crippen LogP contribution in [0.2, 0.25) is 5.02 Å². The molecule has 1 amide bonds. The van der Waals surface area contributed by atoms with Crippen molar-refractivity contribution < 1.29 is 13.9 Å². The van der Waals surface area contributed by atoms with Crippen LogP contribution in [0.5, 0.6) is 5.75 Å². The molecular weight excluding hydrogens is 563 g/mol. The van der Waals surface area contributed by atoms with Gasteiger partial charge in [0.1, 0.15) is 17.8 Å². The molecule has 3 aliphatic rings. The molecule has 3 aromatic heterocycles. The van der Waals surface area contributed by atoms with Gasteiger partial charge in [-0.15, -0.1) is 5.10 Å². The number of benzene rings is 2. The van der Waals surface area contributed by atoms with E-state index >= 15 is 4.39 Å². The van der Waals surface area contributed by atoms with Crippen LogP contribution in [0.1, 0.15) is 37.7 Å². The van der Waals surface area contributed by atoms with Gasteiger partial charge in [-0.3, -0.25) is 14.2 Å². The normalized spacial score (nSPS) is 17.8.